The average Bonchev–Trinajstić information content (AvgIpc) is 2.45. The molecule has 108 valence electrons. The van der Waals surface area contributed by atoms with Gasteiger partial charge in [0.05, 0.1) is 6.10 Å². The Morgan fingerprint density at radius 3 is 2.50 bits per heavy atom. The highest BCUT2D eigenvalue weighted by atomic mass is 16.6. The summed E-state index contributed by atoms with van der Waals surface area (Å²) in [5.74, 6) is 0. The van der Waals surface area contributed by atoms with Crippen LogP contribution in [0.15, 0.2) is 30.3 Å². The van der Waals surface area contributed by atoms with Crippen LogP contribution in [0.3, 0.4) is 0 Å². The van der Waals surface area contributed by atoms with Gasteiger partial charge in [-0.15, -0.1) is 0 Å². The standard InChI is InChI=1S/C16H21NO3/c18-14-10-16(11-14)6-8-17(9-7-16)15(19)20-12-13-4-2-1-3-5-13/h1-5,14,18H,6-12H2. The second-order valence-electron chi connectivity index (χ2n) is 6.09. The molecule has 1 aromatic carbocycles. The number of hydrogen-bond donors (Lipinski definition) is 1. The van der Waals surface area contributed by atoms with Crippen molar-refractivity contribution < 1.29 is 14.6 Å². The first-order valence-corrected chi connectivity index (χ1v) is 7.31. The molecule has 0 aromatic heterocycles. The van der Waals surface area contributed by atoms with Gasteiger partial charge in [-0.1, -0.05) is 30.3 Å². The van der Waals surface area contributed by atoms with Crippen molar-refractivity contribution in [1.29, 1.82) is 0 Å². The fourth-order valence-corrected chi connectivity index (χ4v) is 3.32. The molecule has 0 radical (unpaired) electrons. The summed E-state index contributed by atoms with van der Waals surface area (Å²) in [5.41, 5.74) is 1.31. The number of benzene rings is 1. The smallest absolute Gasteiger partial charge is 0.410 e. The topological polar surface area (TPSA) is 49.8 Å². The summed E-state index contributed by atoms with van der Waals surface area (Å²) < 4.78 is 5.35. The first-order chi connectivity index (χ1) is 9.67. The van der Waals surface area contributed by atoms with E-state index in [0.717, 1.165) is 44.3 Å². The lowest BCUT2D eigenvalue weighted by atomic mass is 9.61. The lowest BCUT2D eigenvalue weighted by molar-refractivity contribution is -0.0660. The minimum Gasteiger partial charge on any atom is -0.445 e. The number of aliphatic hydroxyl groups excluding tert-OH is 1. The second-order valence-corrected chi connectivity index (χ2v) is 6.09. The molecule has 1 amide bonds. The van der Waals surface area contributed by atoms with Crippen molar-refractivity contribution in [3.05, 3.63) is 35.9 Å². The molecule has 20 heavy (non-hydrogen) atoms. The zero-order valence-electron chi connectivity index (χ0n) is 11.6. The number of aliphatic hydroxyl groups is 1. The van der Waals surface area contributed by atoms with E-state index in [0.29, 0.717) is 12.0 Å². The van der Waals surface area contributed by atoms with Crippen LogP contribution in [0, 0.1) is 5.41 Å². The summed E-state index contributed by atoms with van der Waals surface area (Å²) >= 11 is 0. The summed E-state index contributed by atoms with van der Waals surface area (Å²) in [6.07, 6.45) is 3.45. The van der Waals surface area contributed by atoms with E-state index in [2.05, 4.69) is 0 Å². The third-order valence-electron chi connectivity index (χ3n) is 4.62. The third-order valence-corrected chi connectivity index (χ3v) is 4.62. The lowest BCUT2D eigenvalue weighted by Crippen LogP contribution is -2.50. The van der Waals surface area contributed by atoms with E-state index in [1.807, 2.05) is 30.3 Å². The van der Waals surface area contributed by atoms with E-state index in [1.165, 1.54) is 0 Å². The van der Waals surface area contributed by atoms with Gasteiger partial charge in [0.2, 0.25) is 0 Å². The molecule has 1 saturated carbocycles. The number of rotatable bonds is 2. The first kappa shape index (κ1) is 13.4. The predicted octanol–water partition coefficient (Wildman–Crippen LogP) is 2.56. The van der Waals surface area contributed by atoms with Crippen molar-refractivity contribution in [2.45, 2.75) is 38.4 Å². The van der Waals surface area contributed by atoms with Crippen molar-refractivity contribution in [3.8, 4) is 0 Å². The largest absolute Gasteiger partial charge is 0.445 e. The highest BCUT2D eigenvalue weighted by Gasteiger charge is 2.45. The number of amides is 1. The quantitative estimate of drug-likeness (QED) is 0.902. The summed E-state index contributed by atoms with van der Waals surface area (Å²) in [5, 5.41) is 9.45. The number of hydrogen-bond acceptors (Lipinski definition) is 3. The van der Waals surface area contributed by atoms with Crippen LogP contribution >= 0.6 is 0 Å². The average molecular weight is 275 g/mol. The third kappa shape index (κ3) is 2.80. The van der Waals surface area contributed by atoms with E-state index in [1.54, 1.807) is 4.90 Å². The van der Waals surface area contributed by atoms with Gasteiger partial charge in [-0.05, 0) is 36.7 Å². The highest BCUT2D eigenvalue weighted by Crippen LogP contribution is 2.48. The van der Waals surface area contributed by atoms with Crippen LogP contribution in [0.5, 0.6) is 0 Å². The van der Waals surface area contributed by atoms with Gasteiger partial charge in [0, 0.05) is 13.1 Å². The second kappa shape index (κ2) is 5.44. The summed E-state index contributed by atoms with van der Waals surface area (Å²) in [6.45, 7) is 1.83. The molecule has 0 bridgehead atoms. The van der Waals surface area contributed by atoms with Crippen LogP contribution in [-0.2, 0) is 11.3 Å². The van der Waals surface area contributed by atoms with Crippen molar-refractivity contribution in [3.63, 3.8) is 0 Å². The number of carbonyl (C=O) groups excluding carboxylic acids is 1. The number of likely N-dealkylation sites (tertiary alicyclic amines) is 1. The van der Waals surface area contributed by atoms with Crippen LogP contribution in [0.25, 0.3) is 0 Å². The monoisotopic (exact) mass is 275 g/mol. The maximum absolute atomic E-state index is 12.0. The number of piperidine rings is 1. The van der Waals surface area contributed by atoms with Crippen molar-refractivity contribution in [2.24, 2.45) is 5.41 Å². The van der Waals surface area contributed by atoms with Gasteiger partial charge in [0.25, 0.3) is 0 Å². The van der Waals surface area contributed by atoms with Crippen LogP contribution in [0.4, 0.5) is 4.79 Å². The lowest BCUT2D eigenvalue weighted by Gasteiger charge is -2.50. The van der Waals surface area contributed by atoms with Gasteiger partial charge in [-0.25, -0.2) is 4.79 Å². The molecule has 1 spiro atoms. The number of ether oxygens (including phenoxy) is 1. The molecule has 1 N–H and O–H groups in total. The van der Waals surface area contributed by atoms with E-state index in [4.69, 9.17) is 4.74 Å². The molecule has 0 unspecified atom stereocenters. The first-order valence-electron chi connectivity index (χ1n) is 7.31. The van der Waals surface area contributed by atoms with Gasteiger partial charge in [0.15, 0.2) is 0 Å². The molecule has 0 atom stereocenters. The Morgan fingerprint density at radius 2 is 1.90 bits per heavy atom. The molecule has 1 aliphatic carbocycles. The molecule has 2 fully saturated rings. The maximum Gasteiger partial charge on any atom is 0.410 e. The molecular formula is C16H21NO3. The van der Waals surface area contributed by atoms with E-state index < -0.39 is 0 Å². The molecule has 1 saturated heterocycles. The van der Waals surface area contributed by atoms with Crippen LogP contribution in [0.2, 0.25) is 0 Å². The Kier molecular flexibility index (Phi) is 3.66. The van der Waals surface area contributed by atoms with E-state index in [-0.39, 0.29) is 12.2 Å². The molecule has 3 rings (SSSR count). The summed E-state index contributed by atoms with van der Waals surface area (Å²) in [6, 6.07) is 9.73. The van der Waals surface area contributed by atoms with Gasteiger partial charge in [-0.2, -0.15) is 0 Å². The number of nitrogens with zero attached hydrogens (tertiary/aromatic N) is 1. The van der Waals surface area contributed by atoms with Crippen molar-refractivity contribution in [1.82, 2.24) is 4.90 Å². The molecule has 1 heterocycles. The zero-order chi connectivity index (χ0) is 14.0. The van der Waals surface area contributed by atoms with Gasteiger partial charge in [-0.3, -0.25) is 0 Å². The number of carbonyl (C=O) groups is 1. The minimum atomic E-state index is -0.219. The van der Waals surface area contributed by atoms with Crippen molar-refractivity contribution >= 4 is 6.09 Å². The molecule has 1 aliphatic heterocycles. The predicted molar refractivity (Wildman–Crippen MR) is 75.1 cm³/mol. The van der Waals surface area contributed by atoms with Crippen LogP contribution in [0.1, 0.15) is 31.2 Å². The highest BCUT2D eigenvalue weighted by molar-refractivity contribution is 5.67. The normalized spacial score (nSPS) is 21.6. The SMILES string of the molecule is O=C(OCc1ccccc1)N1CCC2(CC1)CC(O)C2. The van der Waals surface area contributed by atoms with Gasteiger partial charge >= 0.3 is 6.09 Å². The molecule has 4 heteroatoms. The van der Waals surface area contributed by atoms with Gasteiger partial charge in [0.1, 0.15) is 6.61 Å². The fourth-order valence-electron chi connectivity index (χ4n) is 3.32. The molecule has 2 aliphatic rings. The van der Waals surface area contributed by atoms with Crippen LogP contribution in [-0.4, -0.2) is 35.3 Å². The summed E-state index contributed by atoms with van der Waals surface area (Å²) in [7, 11) is 0. The Bertz CT molecular complexity index is 458. The fraction of sp³-hybridized carbons (Fsp3) is 0.562. The Morgan fingerprint density at radius 1 is 1.25 bits per heavy atom. The van der Waals surface area contributed by atoms with E-state index in [9.17, 15) is 9.90 Å². The Balaban J connectivity index is 1.45. The molecular weight excluding hydrogens is 254 g/mol. The van der Waals surface area contributed by atoms with E-state index >= 15 is 0 Å². The Hall–Kier alpha value is -1.55. The van der Waals surface area contributed by atoms with Crippen molar-refractivity contribution in [2.75, 3.05) is 13.1 Å². The maximum atomic E-state index is 12.0. The summed E-state index contributed by atoms with van der Waals surface area (Å²) in [4.78, 5) is 13.8. The molecule has 1 aromatic rings. The zero-order valence-corrected chi connectivity index (χ0v) is 11.6. The Labute approximate surface area is 119 Å². The van der Waals surface area contributed by atoms with Gasteiger partial charge < -0.3 is 14.7 Å². The molecule has 4 nitrogen and oxygen atoms in total. The van der Waals surface area contributed by atoms with Crippen LogP contribution < -0.4 is 0 Å². The minimum absolute atomic E-state index is 0.119.